The Morgan fingerprint density at radius 1 is 1.32 bits per heavy atom. The lowest BCUT2D eigenvalue weighted by atomic mass is 9.91. The molecule has 0 spiro atoms. The second-order valence-corrected chi connectivity index (χ2v) is 5.58. The Balaban J connectivity index is 2.03. The van der Waals surface area contributed by atoms with Gasteiger partial charge in [-0.3, -0.25) is 14.9 Å². The molecule has 1 saturated heterocycles. The molecule has 118 valence electrons. The van der Waals surface area contributed by atoms with E-state index in [1.54, 1.807) is 26.0 Å². The van der Waals surface area contributed by atoms with Gasteiger partial charge in [0.1, 0.15) is 5.54 Å². The molecule has 2 unspecified atom stereocenters. The maximum absolute atomic E-state index is 11.9. The van der Waals surface area contributed by atoms with Crippen molar-refractivity contribution in [2.24, 2.45) is 11.7 Å². The summed E-state index contributed by atoms with van der Waals surface area (Å²) in [6.45, 7) is 4.10. The molecule has 1 fully saturated rings. The number of hydrogen-bond acceptors (Lipinski definition) is 4. The van der Waals surface area contributed by atoms with Crippen LogP contribution in [0, 0.1) is 5.92 Å². The molecule has 7 heteroatoms. The summed E-state index contributed by atoms with van der Waals surface area (Å²) in [5, 5.41) is 7.62. The summed E-state index contributed by atoms with van der Waals surface area (Å²) in [5.41, 5.74) is 5.95. The van der Waals surface area contributed by atoms with Crippen molar-refractivity contribution < 1.29 is 14.4 Å². The molecule has 2 atom stereocenters. The average molecular weight is 304 g/mol. The van der Waals surface area contributed by atoms with E-state index in [1.807, 2.05) is 12.1 Å². The fourth-order valence-electron chi connectivity index (χ4n) is 2.17. The Labute approximate surface area is 128 Å². The largest absolute Gasteiger partial charge is 0.352 e. The van der Waals surface area contributed by atoms with Gasteiger partial charge in [-0.25, -0.2) is 4.79 Å². The third-order valence-electron chi connectivity index (χ3n) is 3.84. The van der Waals surface area contributed by atoms with E-state index < -0.39 is 11.6 Å². The molecule has 0 aliphatic carbocycles. The summed E-state index contributed by atoms with van der Waals surface area (Å²) in [4.78, 5) is 34.8. The first kappa shape index (κ1) is 16.0. The van der Waals surface area contributed by atoms with Gasteiger partial charge in [-0.05, 0) is 18.1 Å². The van der Waals surface area contributed by atoms with E-state index in [0.29, 0.717) is 18.7 Å². The second kappa shape index (κ2) is 6.15. The van der Waals surface area contributed by atoms with Crippen molar-refractivity contribution in [2.75, 3.05) is 6.54 Å². The van der Waals surface area contributed by atoms with Gasteiger partial charge in [-0.1, -0.05) is 31.2 Å². The van der Waals surface area contributed by atoms with Gasteiger partial charge in [-0.2, -0.15) is 0 Å². The van der Waals surface area contributed by atoms with Crippen LogP contribution in [0.5, 0.6) is 0 Å². The van der Waals surface area contributed by atoms with Crippen LogP contribution in [-0.2, 0) is 21.7 Å². The van der Waals surface area contributed by atoms with Gasteiger partial charge >= 0.3 is 6.03 Å². The minimum atomic E-state index is -1.06. The van der Waals surface area contributed by atoms with Crippen molar-refractivity contribution in [2.45, 2.75) is 25.9 Å². The molecule has 1 aromatic carbocycles. The van der Waals surface area contributed by atoms with Crippen LogP contribution in [0.25, 0.3) is 0 Å². The van der Waals surface area contributed by atoms with Gasteiger partial charge in [0.2, 0.25) is 5.91 Å². The second-order valence-electron chi connectivity index (χ2n) is 5.58. The third kappa shape index (κ3) is 3.09. The summed E-state index contributed by atoms with van der Waals surface area (Å²) in [7, 11) is 0. The molecule has 1 aliphatic rings. The molecule has 5 N–H and O–H groups in total. The van der Waals surface area contributed by atoms with Crippen LogP contribution in [0.4, 0.5) is 4.79 Å². The fourth-order valence-corrected chi connectivity index (χ4v) is 2.17. The van der Waals surface area contributed by atoms with E-state index in [1.165, 1.54) is 0 Å². The molecule has 0 radical (unpaired) electrons. The van der Waals surface area contributed by atoms with Crippen molar-refractivity contribution in [3.05, 3.63) is 35.4 Å². The van der Waals surface area contributed by atoms with Crippen molar-refractivity contribution in [1.82, 2.24) is 16.0 Å². The first-order valence-electron chi connectivity index (χ1n) is 7.07. The predicted octanol–water partition coefficient (Wildman–Crippen LogP) is -0.0478. The molecular weight excluding hydrogens is 284 g/mol. The van der Waals surface area contributed by atoms with Crippen molar-refractivity contribution in [3.8, 4) is 0 Å². The maximum Gasteiger partial charge on any atom is 0.322 e. The summed E-state index contributed by atoms with van der Waals surface area (Å²) in [6, 6.07) is 6.65. The van der Waals surface area contributed by atoms with Crippen LogP contribution < -0.4 is 21.7 Å². The third-order valence-corrected chi connectivity index (χ3v) is 3.84. The van der Waals surface area contributed by atoms with Gasteiger partial charge in [0.25, 0.3) is 5.91 Å². The number of nitrogens with two attached hydrogens (primary N) is 1. The quantitative estimate of drug-likeness (QED) is 0.571. The van der Waals surface area contributed by atoms with Crippen LogP contribution >= 0.6 is 0 Å². The van der Waals surface area contributed by atoms with Crippen LogP contribution in [0.1, 0.15) is 25.0 Å². The lowest BCUT2D eigenvalue weighted by Gasteiger charge is -2.21. The molecule has 1 aliphatic heterocycles. The van der Waals surface area contributed by atoms with E-state index in [-0.39, 0.29) is 17.7 Å². The zero-order chi connectivity index (χ0) is 16.3. The zero-order valence-corrected chi connectivity index (χ0v) is 12.6. The zero-order valence-electron chi connectivity index (χ0n) is 12.6. The highest BCUT2D eigenvalue weighted by molar-refractivity contribution is 6.07. The van der Waals surface area contributed by atoms with E-state index >= 15 is 0 Å². The number of imide groups is 1. The summed E-state index contributed by atoms with van der Waals surface area (Å²) >= 11 is 0. The summed E-state index contributed by atoms with van der Waals surface area (Å²) in [6.07, 6.45) is 0. The number of rotatable bonds is 5. The summed E-state index contributed by atoms with van der Waals surface area (Å²) in [5.74, 6) is -0.702. The van der Waals surface area contributed by atoms with E-state index in [9.17, 15) is 14.4 Å². The molecule has 0 aromatic heterocycles. The minimum Gasteiger partial charge on any atom is -0.352 e. The first-order valence-corrected chi connectivity index (χ1v) is 7.07. The predicted molar refractivity (Wildman–Crippen MR) is 80.5 cm³/mol. The van der Waals surface area contributed by atoms with Gasteiger partial charge in [0.05, 0.1) is 0 Å². The standard InChI is InChI=1S/C15H20N4O3/c1-9(7-16)12(20)17-8-10-3-5-11(6-4-10)15(2)13(21)18-14(22)19-15/h3-6,9H,7-8,16H2,1-2H3,(H,17,20)(H2,18,19,21,22). The molecule has 1 aromatic rings. The molecule has 4 amide bonds. The summed E-state index contributed by atoms with van der Waals surface area (Å²) < 4.78 is 0. The molecule has 22 heavy (non-hydrogen) atoms. The monoisotopic (exact) mass is 304 g/mol. The van der Waals surface area contributed by atoms with Crippen LogP contribution in [0.3, 0.4) is 0 Å². The van der Waals surface area contributed by atoms with Gasteiger partial charge < -0.3 is 16.4 Å². The SMILES string of the molecule is CC(CN)C(=O)NCc1ccc(C2(C)NC(=O)NC2=O)cc1. The molecule has 0 bridgehead atoms. The average Bonchev–Trinajstić information content (AvgIpc) is 2.78. The Kier molecular flexibility index (Phi) is 4.46. The smallest absolute Gasteiger partial charge is 0.322 e. The van der Waals surface area contributed by atoms with E-state index in [2.05, 4.69) is 16.0 Å². The van der Waals surface area contributed by atoms with Crippen molar-refractivity contribution >= 4 is 17.8 Å². The Hall–Kier alpha value is -2.41. The van der Waals surface area contributed by atoms with E-state index in [0.717, 1.165) is 5.56 Å². The van der Waals surface area contributed by atoms with Crippen LogP contribution in [-0.4, -0.2) is 24.4 Å². The molecule has 2 rings (SSSR count). The lowest BCUT2D eigenvalue weighted by molar-refractivity contribution is -0.124. The number of urea groups is 1. The van der Waals surface area contributed by atoms with Crippen molar-refractivity contribution in [1.29, 1.82) is 0 Å². The number of nitrogens with one attached hydrogen (secondary N) is 3. The molecular formula is C15H20N4O3. The first-order chi connectivity index (χ1) is 10.4. The normalized spacial score (nSPS) is 22.0. The van der Waals surface area contributed by atoms with Gasteiger partial charge in [0, 0.05) is 19.0 Å². The van der Waals surface area contributed by atoms with Gasteiger partial charge in [0.15, 0.2) is 0 Å². The number of carbonyl (C=O) groups excluding carboxylic acids is 3. The highest BCUT2D eigenvalue weighted by Gasteiger charge is 2.43. The molecule has 0 saturated carbocycles. The number of amides is 4. The Morgan fingerprint density at radius 2 is 1.95 bits per heavy atom. The maximum atomic E-state index is 11.9. The van der Waals surface area contributed by atoms with Crippen molar-refractivity contribution in [3.63, 3.8) is 0 Å². The van der Waals surface area contributed by atoms with Crippen LogP contribution in [0.15, 0.2) is 24.3 Å². The number of benzene rings is 1. The topological polar surface area (TPSA) is 113 Å². The van der Waals surface area contributed by atoms with E-state index in [4.69, 9.17) is 5.73 Å². The Morgan fingerprint density at radius 3 is 2.45 bits per heavy atom. The Bertz CT molecular complexity index is 599. The molecule has 1 heterocycles. The number of carbonyl (C=O) groups is 3. The minimum absolute atomic E-state index is 0.0963. The van der Waals surface area contributed by atoms with Gasteiger partial charge in [-0.15, -0.1) is 0 Å². The fraction of sp³-hybridized carbons (Fsp3) is 0.400. The number of hydrogen-bond donors (Lipinski definition) is 4. The van der Waals surface area contributed by atoms with Crippen LogP contribution in [0.2, 0.25) is 0 Å². The molecule has 7 nitrogen and oxygen atoms in total. The highest BCUT2D eigenvalue weighted by Crippen LogP contribution is 2.24. The highest BCUT2D eigenvalue weighted by atomic mass is 16.2. The lowest BCUT2D eigenvalue weighted by Crippen LogP contribution is -2.40.